The van der Waals surface area contributed by atoms with E-state index in [4.69, 9.17) is 0 Å². The summed E-state index contributed by atoms with van der Waals surface area (Å²) in [5.74, 6) is 1.10. The molecule has 0 atom stereocenters. The number of thioether (sulfide) groups is 1. The van der Waals surface area contributed by atoms with E-state index in [-0.39, 0.29) is 11.7 Å². The molecule has 0 bridgehead atoms. The van der Waals surface area contributed by atoms with Crippen molar-refractivity contribution in [3.05, 3.63) is 70.7 Å². The second-order valence-corrected chi connectivity index (χ2v) is 7.74. The number of hydrogen-bond donors (Lipinski definition) is 1. The van der Waals surface area contributed by atoms with Gasteiger partial charge in [-0.2, -0.15) is 0 Å². The fourth-order valence-corrected chi connectivity index (χ4v) is 3.96. The molecule has 0 radical (unpaired) electrons. The highest BCUT2D eigenvalue weighted by molar-refractivity contribution is 7.99. The molecule has 0 aliphatic carbocycles. The Bertz CT molecular complexity index is 887. The number of rotatable bonds is 8. The Hall–Kier alpha value is -2.38. The minimum atomic E-state index is -0.0615. The number of nitrogens with one attached hydrogen (secondary N) is 1. The van der Waals surface area contributed by atoms with E-state index in [2.05, 4.69) is 33.5 Å². The first-order valence-electron chi connectivity index (χ1n) is 8.20. The molecular weight excluding hydrogens is 364 g/mol. The van der Waals surface area contributed by atoms with Gasteiger partial charge in [0.15, 0.2) is 5.16 Å². The molecule has 7 heteroatoms. The summed E-state index contributed by atoms with van der Waals surface area (Å²) in [7, 11) is 0. The van der Waals surface area contributed by atoms with Crippen molar-refractivity contribution in [3.63, 3.8) is 0 Å². The van der Waals surface area contributed by atoms with E-state index in [9.17, 15) is 4.79 Å². The van der Waals surface area contributed by atoms with Crippen LogP contribution < -0.4 is 5.32 Å². The van der Waals surface area contributed by atoms with Gasteiger partial charge < -0.3 is 9.88 Å². The van der Waals surface area contributed by atoms with E-state index < -0.39 is 0 Å². The maximum Gasteiger partial charge on any atom is 0.234 e. The molecule has 26 heavy (non-hydrogen) atoms. The third kappa shape index (κ3) is 4.83. The highest BCUT2D eigenvalue weighted by Gasteiger charge is 2.14. The van der Waals surface area contributed by atoms with Crippen LogP contribution in [0.15, 0.2) is 59.6 Å². The zero-order chi connectivity index (χ0) is 18.4. The molecule has 134 valence electrons. The van der Waals surface area contributed by atoms with Crippen LogP contribution in [0.3, 0.4) is 0 Å². The van der Waals surface area contributed by atoms with Gasteiger partial charge in [-0.3, -0.25) is 4.79 Å². The maximum atomic E-state index is 12.2. The largest absolute Gasteiger partial charge is 0.325 e. The lowest BCUT2D eigenvalue weighted by atomic mass is 10.2. The van der Waals surface area contributed by atoms with E-state index in [1.165, 1.54) is 16.6 Å². The van der Waals surface area contributed by atoms with Crippen LogP contribution in [-0.4, -0.2) is 26.4 Å². The van der Waals surface area contributed by atoms with Gasteiger partial charge in [0.05, 0.1) is 5.75 Å². The average Bonchev–Trinajstić information content (AvgIpc) is 3.25. The summed E-state index contributed by atoms with van der Waals surface area (Å²) < 4.78 is 2.01. The summed E-state index contributed by atoms with van der Waals surface area (Å²) in [6.07, 6.45) is 2.55. The second-order valence-electron chi connectivity index (χ2n) is 5.76. The van der Waals surface area contributed by atoms with Crippen molar-refractivity contribution >= 4 is 34.7 Å². The monoisotopic (exact) mass is 384 g/mol. The van der Waals surface area contributed by atoms with Crippen LogP contribution in [0.5, 0.6) is 0 Å². The molecule has 0 fully saturated rings. The van der Waals surface area contributed by atoms with Gasteiger partial charge in [-0.15, -0.1) is 28.1 Å². The Balaban J connectivity index is 1.64. The molecule has 2 aromatic heterocycles. The first-order chi connectivity index (χ1) is 12.7. The zero-order valence-corrected chi connectivity index (χ0v) is 16.1. The van der Waals surface area contributed by atoms with E-state index in [1.807, 2.05) is 47.9 Å². The number of carbonyl (C=O) groups excluding carboxylic acids is 1. The summed E-state index contributed by atoms with van der Waals surface area (Å²) in [4.78, 5) is 13.5. The third-order valence-corrected chi connectivity index (χ3v) is 5.49. The topological polar surface area (TPSA) is 59.8 Å². The van der Waals surface area contributed by atoms with Crippen LogP contribution in [0.1, 0.15) is 16.3 Å². The molecule has 3 rings (SSSR count). The maximum absolute atomic E-state index is 12.2. The highest BCUT2D eigenvalue weighted by Crippen LogP contribution is 2.21. The molecule has 2 heterocycles. The van der Waals surface area contributed by atoms with Crippen molar-refractivity contribution in [3.8, 4) is 0 Å². The number of allylic oxidation sites excluding steroid dienone is 1. The fourth-order valence-electron chi connectivity index (χ4n) is 2.49. The first-order valence-corrected chi connectivity index (χ1v) is 10.1. The number of aryl methyl sites for hydroxylation is 1. The number of hydrogen-bond acceptors (Lipinski definition) is 5. The highest BCUT2D eigenvalue weighted by atomic mass is 32.2. The third-order valence-electron chi connectivity index (χ3n) is 3.65. The van der Waals surface area contributed by atoms with Crippen LogP contribution in [-0.2, 0) is 17.8 Å². The van der Waals surface area contributed by atoms with E-state index in [0.717, 1.165) is 28.7 Å². The number of aromatic nitrogens is 3. The number of thiophene rings is 1. The Morgan fingerprint density at radius 1 is 1.35 bits per heavy atom. The van der Waals surface area contributed by atoms with Gasteiger partial charge in [-0.25, -0.2) is 0 Å². The van der Waals surface area contributed by atoms with E-state index in [0.29, 0.717) is 6.54 Å². The standard InChI is InChI=1S/C19H20N4OS2/c1-3-9-23-17(12-16-8-5-10-25-16)21-22-19(23)26-13-18(24)20-15-7-4-6-14(2)11-15/h3-8,10-11H,1,9,12-13H2,2H3,(H,20,24). The number of carbonyl (C=O) groups is 1. The van der Waals surface area contributed by atoms with Gasteiger partial charge in [0.2, 0.25) is 5.91 Å². The Morgan fingerprint density at radius 2 is 2.23 bits per heavy atom. The summed E-state index contributed by atoms with van der Waals surface area (Å²) >= 11 is 3.08. The fraction of sp³-hybridized carbons (Fsp3) is 0.211. The summed E-state index contributed by atoms with van der Waals surface area (Å²) in [6, 6.07) is 11.9. The smallest absolute Gasteiger partial charge is 0.234 e. The lowest BCUT2D eigenvalue weighted by Crippen LogP contribution is -2.14. The molecule has 1 amide bonds. The predicted molar refractivity (Wildman–Crippen MR) is 108 cm³/mol. The van der Waals surface area contributed by atoms with Gasteiger partial charge in [-0.1, -0.05) is 36.0 Å². The number of nitrogens with zero attached hydrogens (tertiary/aromatic N) is 3. The second kappa shape index (κ2) is 8.82. The number of benzene rings is 1. The molecule has 0 aliphatic rings. The van der Waals surface area contributed by atoms with Crippen molar-refractivity contribution in [1.29, 1.82) is 0 Å². The zero-order valence-electron chi connectivity index (χ0n) is 14.5. The normalized spacial score (nSPS) is 10.7. The van der Waals surface area contributed by atoms with Crippen molar-refractivity contribution in [2.24, 2.45) is 0 Å². The van der Waals surface area contributed by atoms with Crippen LogP contribution in [0.25, 0.3) is 0 Å². The average molecular weight is 385 g/mol. The first kappa shape index (κ1) is 18.4. The summed E-state index contributed by atoms with van der Waals surface area (Å²) in [6.45, 7) is 6.43. The predicted octanol–water partition coefficient (Wildman–Crippen LogP) is 4.16. The van der Waals surface area contributed by atoms with Crippen molar-refractivity contribution < 1.29 is 4.79 Å². The number of anilines is 1. The van der Waals surface area contributed by atoms with Gasteiger partial charge in [-0.05, 0) is 36.1 Å². The van der Waals surface area contributed by atoms with Crippen LogP contribution in [0.2, 0.25) is 0 Å². The van der Waals surface area contributed by atoms with Gasteiger partial charge >= 0.3 is 0 Å². The molecule has 0 spiro atoms. The lowest BCUT2D eigenvalue weighted by molar-refractivity contribution is -0.113. The van der Waals surface area contributed by atoms with Crippen molar-refractivity contribution in [2.45, 2.75) is 25.0 Å². The van der Waals surface area contributed by atoms with E-state index >= 15 is 0 Å². The summed E-state index contributed by atoms with van der Waals surface area (Å²) in [5, 5.41) is 14.3. The van der Waals surface area contributed by atoms with Gasteiger partial charge in [0.25, 0.3) is 0 Å². The molecule has 0 saturated carbocycles. The molecule has 1 aromatic carbocycles. The van der Waals surface area contributed by atoms with Gasteiger partial charge in [0, 0.05) is 23.5 Å². The minimum absolute atomic E-state index is 0.0615. The van der Waals surface area contributed by atoms with Crippen molar-refractivity contribution in [1.82, 2.24) is 14.8 Å². The molecule has 3 aromatic rings. The molecule has 0 aliphatic heterocycles. The molecule has 5 nitrogen and oxygen atoms in total. The van der Waals surface area contributed by atoms with Gasteiger partial charge in [0.1, 0.15) is 5.82 Å². The Labute approximate surface area is 161 Å². The minimum Gasteiger partial charge on any atom is -0.325 e. The molecule has 0 saturated heterocycles. The van der Waals surface area contributed by atoms with Crippen LogP contribution >= 0.6 is 23.1 Å². The molecule has 0 unspecified atom stereocenters. The Morgan fingerprint density at radius 3 is 2.96 bits per heavy atom. The SMILES string of the molecule is C=CCn1c(Cc2cccs2)nnc1SCC(=O)Nc1cccc(C)c1. The lowest BCUT2D eigenvalue weighted by Gasteiger charge is -2.08. The Kier molecular flexibility index (Phi) is 6.25. The van der Waals surface area contributed by atoms with Crippen LogP contribution in [0.4, 0.5) is 5.69 Å². The van der Waals surface area contributed by atoms with E-state index in [1.54, 1.807) is 11.3 Å². The van der Waals surface area contributed by atoms with Crippen LogP contribution in [0, 0.1) is 6.92 Å². The molecular formula is C19H20N4OS2. The quantitative estimate of drug-likeness (QED) is 0.468. The van der Waals surface area contributed by atoms with Crippen molar-refractivity contribution in [2.75, 3.05) is 11.1 Å². The number of amides is 1. The molecule has 1 N–H and O–H groups in total. The summed E-state index contributed by atoms with van der Waals surface area (Å²) in [5.41, 5.74) is 1.92.